The van der Waals surface area contributed by atoms with Crippen molar-refractivity contribution in [1.29, 1.82) is 0 Å². The molecule has 0 atom stereocenters. The van der Waals surface area contributed by atoms with E-state index in [0.29, 0.717) is 13.2 Å². The van der Waals surface area contributed by atoms with Crippen LogP contribution < -0.4 is 14.8 Å². The van der Waals surface area contributed by atoms with Gasteiger partial charge in [0.2, 0.25) is 0 Å². The third-order valence-electron chi connectivity index (χ3n) is 4.22. The summed E-state index contributed by atoms with van der Waals surface area (Å²) in [5.74, 6) is 1.76. The van der Waals surface area contributed by atoms with Crippen molar-refractivity contribution < 1.29 is 27.7 Å². The van der Waals surface area contributed by atoms with Crippen LogP contribution in [0.25, 0.3) is 0 Å². The van der Waals surface area contributed by atoms with E-state index in [2.05, 4.69) is 81.4 Å². The van der Waals surface area contributed by atoms with Gasteiger partial charge in [0.25, 0.3) is 0 Å². The van der Waals surface area contributed by atoms with Crippen LogP contribution in [-0.2, 0) is 18.2 Å². The van der Waals surface area contributed by atoms with Crippen molar-refractivity contribution in [2.24, 2.45) is 0 Å². The van der Waals surface area contributed by atoms with Gasteiger partial charge in [-0.25, -0.2) is 0 Å². The molecule has 1 rings (SSSR count). The average Bonchev–Trinajstić information content (AvgIpc) is 2.46. The molecular formula is C19H33ClO2PPd+. The molecule has 0 spiro atoms. The monoisotopic (exact) mass is 465 g/mol. The Kier molecular flexibility index (Phi) is 9.86. The second kappa shape index (κ2) is 9.78. The molecule has 24 heavy (non-hydrogen) atoms. The van der Waals surface area contributed by atoms with Crippen molar-refractivity contribution in [3.8, 4) is 11.5 Å². The van der Waals surface area contributed by atoms with Crippen molar-refractivity contribution in [3.63, 3.8) is 0 Å². The molecule has 0 amide bonds. The summed E-state index contributed by atoms with van der Waals surface area (Å²) in [5, 5.41) is 1.50. The molecule has 0 fully saturated rings. The summed E-state index contributed by atoms with van der Waals surface area (Å²) in [6.07, 6.45) is 0. The molecule has 0 bridgehead atoms. The van der Waals surface area contributed by atoms with Gasteiger partial charge in [-0.2, -0.15) is 6.66 Å². The summed E-state index contributed by atoms with van der Waals surface area (Å²) >= 11 is 2.22. The zero-order chi connectivity index (χ0) is 19.2. The molecule has 2 nitrogen and oxygen atoms in total. The second-order valence-electron chi connectivity index (χ2n) is 7.68. The van der Waals surface area contributed by atoms with Crippen LogP contribution in [0.15, 0.2) is 18.2 Å². The van der Waals surface area contributed by atoms with Crippen LogP contribution in [0.1, 0.15) is 55.4 Å². The first-order valence-corrected chi connectivity index (χ1v) is 12.2. The molecule has 1 aromatic carbocycles. The van der Waals surface area contributed by atoms with Crippen LogP contribution in [-0.4, -0.2) is 23.5 Å². The van der Waals surface area contributed by atoms with E-state index >= 15 is 0 Å². The Labute approximate surface area is 164 Å². The van der Waals surface area contributed by atoms with E-state index in [1.54, 1.807) is 0 Å². The van der Waals surface area contributed by atoms with Gasteiger partial charge in [-0.1, -0.05) is 7.26 Å². The fraction of sp³-hybridized carbons (Fsp3) is 0.632. The van der Waals surface area contributed by atoms with E-state index < -0.39 is 7.26 Å². The quantitative estimate of drug-likeness (QED) is 0.292. The average molecular weight is 466 g/mol. The third-order valence-corrected chi connectivity index (χ3v) is 9.94. The molecule has 0 aliphatic carbocycles. The van der Waals surface area contributed by atoms with Gasteiger partial charge in [0.1, 0.15) is 11.5 Å². The fourth-order valence-electron chi connectivity index (χ4n) is 3.06. The normalized spacial score (nSPS) is 12.3. The second-order valence-corrected chi connectivity index (χ2v) is 12.5. The molecule has 0 N–H and O–H groups in total. The molecule has 0 heterocycles. The van der Waals surface area contributed by atoms with Gasteiger partial charge in [-0.3, -0.25) is 0 Å². The minimum atomic E-state index is -1.70. The molecule has 0 saturated carbocycles. The number of halogens is 1. The van der Waals surface area contributed by atoms with E-state index in [0.717, 1.165) is 11.5 Å². The van der Waals surface area contributed by atoms with Gasteiger partial charge in [0.15, 0.2) is 0 Å². The first kappa shape index (κ1) is 24.2. The maximum atomic E-state index is 5.76. The van der Waals surface area contributed by atoms with Gasteiger partial charge >= 0.3 is 27.7 Å². The number of ether oxygens (including phenoxy) is 2. The number of hydrogen-bond donors (Lipinski definition) is 0. The van der Waals surface area contributed by atoms with Gasteiger partial charge in [0.05, 0.1) is 28.8 Å². The van der Waals surface area contributed by atoms with E-state index in [1.165, 1.54) is 5.30 Å². The molecule has 5 heteroatoms. The summed E-state index contributed by atoms with van der Waals surface area (Å²) in [6, 6.07) is 6.32. The van der Waals surface area contributed by atoms with Gasteiger partial charge in [0, 0.05) is 18.2 Å². The fourth-order valence-corrected chi connectivity index (χ4v) is 7.31. The van der Waals surface area contributed by atoms with E-state index in [9.17, 15) is 0 Å². The van der Waals surface area contributed by atoms with Crippen LogP contribution in [0.3, 0.4) is 0 Å². The topological polar surface area (TPSA) is 18.5 Å². The summed E-state index contributed by atoms with van der Waals surface area (Å²) < 4.78 is 11.5. The summed E-state index contributed by atoms with van der Waals surface area (Å²) in [7, 11) is 2.79. The van der Waals surface area contributed by atoms with Crippen molar-refractivity contribution in [2.45, 2.75) is 65.7 Å². The van der Waals surface area contributed by atoms with Crippen LogP contribution >= 0.6 is 16.8 Å². The van der Waals surface area contributed by atoms with Crippen molar-refractivity contribution in [3.05, 3.63) is 24.9 Å². The number of rotatable bonds is 5. The van der Waals surface area contributed by atoms with Crippen LogP contribution in [0, 0.1) is 6.66 Å². The Balaban J connectivity index is 0.00000254. The van der Waals surface area contributed by atoms with E-state index in [1.807, 2.05) is 19.9 Å². The zero-order valence-electron chi connectivity index (χ0n) is 16.3. The molecular weight excluding hydrogens is 433 g/mol. The molecule has 142 valence electrons. The summed E-state index contributed by atoms with van der Waals surface area (Å²) in [4.78, 5) is 0. The first-order valence-electron chi connectivity index (χ1n) is 8.24. The number of hydrogen-bond acceptors (Lipinski definition) is 2. The molecule has 1 aromatic rings. The number of benzene rings is 1. The Morgan fingerprint density at radius 3 is 1.46 bits per heavy atom. The Morgan fingerprint density at radius 1 is 0.875 bits per heavy atom. The van der Waals surface area contributed by atoms with Gasteiger partial charge in [-0.05, 0) is 55.4 Å². The maximum absolute atomic E-state index is 5.76. The van der Waals surface area contributed by atoms with Crippen molar-refractivity contribution in [1.82, 2.24) is 0 Å². The molecule has 0 aromatic heterocycles. The summed E-state index contributed by atoms with van der Waals surface area (Å²) in [5.41, 5.74) is 0. The van der Waals surface area contributed by atoms with E-state index in [-0.39, 0.29) is 10.3 Å². The van der Waals surface area contributed by atoms with E-state index in [4.69, 9.17) is 16.1 Å². The Morgan fingerprint density at radius 2 is 1.21 bits per heavy atom. The zero-order valence-corrected chi connectivity index (χ0v) is 19.5. The van der Waals surface area contributed by atoms with Crippen LogP contribution in [0.2, 0.25) is 0 Å². The minimum absolute atomic E-state index is 0.111. The molecule has 0 aliphatic heterocycles. The van der Waals surface area contributed by atoms with Gasteiger partial charge in [-0.15, -0.1) is 0 Å². The Bertz CT molecular complexity index is 469. The third kappa shape index (κ3) is 5.60. The SMILES string of the molecule is [CH2-][P+](c1cc(OCC)cc(OCC)c1)(C(C)(C)C)C(C)(C)C.[Cl][Pd+]. The molecule has 0 radical (unpaired) electrons. The summed E-state index contributed by atoms with van der Waals surface area (Å²) in [6.45, 7) is 23.9. The predicted molar refractivity (Wildman–Crippen MR) is 106 cm³/mol. The standard InChI is InChI=1S/C19H33O2P.ClH.Pd/c1-10-20-15-12-16(21-11-2)14-17(13-15)22(9,18(3,4)5)19(6,7)8;;/h12-14H,9-11H2,1-8H3;1H;/q;;+2/p-1. The molecule has 0 aliphatic rings. The van der Waals surface area contributed by atoms with Crippen molar-refractivity contribution in [2.75, 3.05) is 13.2 Å². The predicted octanol–water partition coefficient (Wildman–Crippen LogP) is 6.20. The van der Waals surface area contributed by atoms with Gasteiger partial charge < -0.3 is 9.47 Å². The van der Waals surface area contributed by atoms with Crippen LogP contribution in [0.5, 0.6) is 11.5 Å². The molecule has 0 unspecified atom stereocenters. The Hall–Kier alpha value is 0.202. The molecule has 0 saturated heterocycles. The first-order chi connectivity index (χ1) is 11.0. The van der Waals surface area contributed by atoms with Crippen molar-refractivity contribution >= 4 is 22.1 Å². The van der Waals surface area contributed by atoms with Crippen LogP contribution in [0.4, 0.5) is 0 Å².